The Bertz CT molecular complexity index is 693. The monoisotopic (exact) mass is 365 g/mol. The molecule has 0 radical (unpaired) electrons. The highest BCUT2D eigenvalue weighted by Crippen LogP contribution is 2.28. The number of benzene rings is 2. The number of hydrogen-bond donors (Lipinski definition) is 1. The van der Waals surface area contributed by atoms with E-state index in [4.69, 9.17) is 34.8 Å². The van der Waals surface area contributed by atoms with Crippen molar-refractivity contribution in [1.29, 1.82) is 0 Å². The van der Waals surface area contributed by atoms with Crippen molar-refractivity contribution in [2.75, 3.05) is 5.32 Å². The van der Waals surface area contributed by atoms with Crippen LogP contribution in [0.4, 0.5) is 14.5 Å². The normalized spacial score (nSPS) is 11.1. The van der Waals surface area contributed by atoms with E-state index >= 15 is 0 Å². The Balaban J connectivity index is 2.11. The third-order valence-electron chi connectivity index (χ3n) is 2.50. The predicted octanol–water partition coefficient (Wildman–Crippen LogP) is 5.26. The lowest BCUT2D eigenvalue weighted by molar-refractivity contribution is -0.187. The van der Waals surface area contributed by atoms with Gasteiger partial charge in [0.1, 0.15) is 5.75 Å². The maximum atomic E-state index is 13.8. The molecule has 0 heterocycles. The number of carbonyl (C=O) groups is 1. The quantitative estimate of drug-likeness (QED) is 0.802. The van der Waals surface area contributed by atoms with Crippen molar-refractivity contribution in [2.24, 2.45) is 0 Å². The lowest BCUT2D eigenvalue weighted by Gasteiger charge is -2.17. The molecule has 0 bridgehead atoms. The van der Waals surface area contributed by atoms with E-state index in [1.165, 1.54) is 42.5 Å². The molecule has 2 aromatic carbocycles. The van der Waals surface area contributed by atoms with Crippen LogP contribution in [0.1, 0.15) is 0 Å². The number of hydrogen-bond acceptors (Lipinski definition) is 2. The fourth-order valence-corrected chi connectivity index (χ4v) is 2.06. The third-order valence-corrected chi connectivity index (χ3v) is 3.30. The highest BCUT2D eigenvalue weighted by molar-refractivity contribution is 6.36. The van der Waals surface area contributed by atoms with Crippen molar-refractivity contribution in [3.05, 3.63) is 57.5 Å². The fourth-order valence-electron chi connectivity index (χ4n) is 1.48. The predicted molar refractivity (Wildman–Crippen MR) is 82.1 cm³/mol. The SMILES string of the molecule is O=C(Nc1ccc(Cl)cc1Cl)C(F)(F)Oc1ccc(Cl)cc1. The zero-order valence-corrected chi connectivity index (χ0v) is 13.0. The molecule has 0 atom stereocenters. The molecular weight excluding hydrogens is 359 g/mol. The summed E-state index contributed by atoms with van der Waals surface area (Å²) in [6, 6.07) is 9.19. The minimum Gasteiger partial charge on any atom is -0.425 e. The molecular formula is C14H8Cl3F2NO2. The summed E-state index contributed by atoms with van der Waals surface area (Å²) in [4.78, 5) is 11.6. The number of nitrogens with one attached hydrogen (secondary N) is 1. The van der Waals surface area contributed by atoms with E-state index in [1.807, 2.05) is 5.32 Å². The molecule has 116 valence electrons. The Labute approximate surface area is 139 Å². The first-order valence-corrected chi connectivity index (χ1v) is 7.00. The molecule has 0 saturated carbocycles. The number of ether oxygens (including phenoxy) is 1. The van der Waals surface area contributed by atoms with E-state index < -0.39 is 12.0 Å². The van der Waals surface area contributed by atoms with Gasteiger partial charge in [-0.1, -0.05) is 34.8 Å². The molecule has 0 aliphatic carbocycles. The second kappa shape index (κ2) is 6.69. The number of carbonyl (C=O) groups excluding carboxylic acids is 1. The van der Waals surface area contributed by atoms with E-state index in [0.717, 1.165) is 0 Å². The fraction of sp³-hybridized carbons (Fsp3) is 0.0714. The van der Waals surface area contributed by atoms with Crippen molar-refractivity contribution in [1.82, 2.24) is 0 Å². The van der Waals surface area contributed by atoms with Gasteiger partial charge in [0.2, 0.25) is 0 Å². The minimum atomic E-state index is -4.09. The molecule has 0 aromatic heterocycles. The summed E-state index contributed by atoms with van der Waals surface area (Å²) in [5, 5.41) is 2.68. The van der Waals surface area contributed by atoms with Gasteiger partial charge in [-0.15, -0.1) is 0 Å². The van der Waals surface area contributed by atoms with Crippen LogP contribution in [0, 0.1) is 0 Å². The molecule has 1 N–H and O–H groups in total. The summed E-state index contributed by atoms with van der Waals surface area (Å²) < 4.78 is 31.9. The Morgan fingerprint density at radius 1 is 1.00 bits per heavy atom. The van der Waals surface area contributed by atoms with Gasteiger partial charge in [0.25, 0.3) is 0 Å². The first-order valence-electron chi connectivity index (χ1n) is 5.87. The summed E-state index contributed by atoms with van der Waals surface area (Å²) in [7, 11) is 0. The Morgan fingerprint density at radius 3 is 2.18 bits per heavy atom. The van der Waals surface area contributed by atoms with Crippen molar-refractivity contribution >= 4 is 46.4 Å². The van der Waals surface area contributed by atoms with Gasteiger partial charge in [0.05, 0.1) is 10.7 Å². The minimum absolute atomic E-state index is 0.00422. The summed E-state index contributed by atoms with van der Waals surface area (Å²) in [5.41, 5.74) is -0.00422. The van der Waals surface area contributed by atoms with E-state index in [2.05, 4.69) is 4.74 Å². The molecule has 2 rings (SSSR count). The lowest BCUT2D eigenvalue weighted by Crippen LogP contribution is -2.40. The lowest BCUT2D eigenvalue weighted by atomic mass is 10.3. The van der Waals surface area contributed by atoms with Crippen LogP contribution < -0.4 is 10.1 Å². The van der Waals surface area contributed by atoms with Gasteiger partial charge >= 0.3 is 12.0 Å². The van der Waals surface area contributed by atoms with Gasteiger partial charge in [-0.05, 0) is 42.5 Å². The molecule has 22 heavy (non-hydrogen) atoms. The zero-order valence-electron chi connectivity index (χ0n) is 10.7. The van der Waals surface area contributed by atoms with E-state index in [0.29, 0.717) is 10.0 Å². The van der Waals surface area contributed by atoms with Gasteiger partial charge in [0.15, 0.2) is 0 Å². The van der Waals surface area contributed by atoms with Crippen molar-refractivity contribution in [2.45, 2.75) is 6.11 Å². The molecule has 0 unspecified atom stereocenters. The molecule has 1 amide bonds. The number of rotatable bonds is 4. The van der Waals surface area contributed by atoms with Crippen LogP contribution in [0.25, 0.3) is 0 Å². The molecule has 0 aliphatic heterocycles. The highest BCUT2D eigenvalue weighted by atomic mass is 35.5. The van der Waals surface area contributed by atoms with Crippen LogP contribution >= 0.6 is 34.8 Å². The molecule has 0 fully saturated rings. The maximum Gasteiger partial charge on any atom is 0.482 e. The first-order chi connectivity index (χ1) is 10.3. The van der Waals surface area contributed by atoms with Crippen LogP contribution in [-0.4, -0.2) is 12.0 Å². The average Bonchev–Trinajstić information content (AvgIpc) is 2.44. The Morgan fingerprint density at radius 2 is 1.59 bits per heavy atom. The molecule has 0 spiro atoms. The van der Waals surface area contributed by atoms with Gasteiger partial charge in [-0.3, -0.25) is 4.79 Å². The van der Waals surface area contributed by atoms with E-state index in [1.54, 1.807) is 0 Å². The Hall–Kier alpha value is -1.56. The highest BCUT2D eigenvalue weighted by Gasteiger charge is 2.42. The van der Waals surface area contributed by atoms with Crippen LogP contribution in [0.5, 0.6) is 5.75 Å². The van der Waals surface area contributed by atoms with Crippen molar-refractivity contribution in [3.8, 4) is 5.75 Å². The molecule has 0 saturated heterocycles. The third kappa shape index (κ3) is 4.22. The summed E-state index contributed by atoms with van der Waals surface area (Å²) >= 11 is 17.1. The smallest absolute Gasteiger partial charge is 0.425 e. The molecule has 8 heteroatoms. The second-order valence-electron chi connectivity index (χ2n) is 4.15. The van der Waals surface area contributed by atoms with Crippen molar-refractivity contribution in [3.63, 3.8) is 0 Å². The van der Waals surface area contributed by atoms with Crippen molar-refractivity contribution < 1.29 is 18.3 Å². The molecule has 2 aromatic rings. The van der Waals surface area contributed by atoms with Gasteiger partial charge in [-0.2, -0.15) is 8.78 Å². The van der Waals surface area contributed by atoms with Crippen LogP contribution in [0.3, 0.4) is 0 Å². The van der Waals surface area contributed by atoms with Crippen LogP contribution in [0.15, 0.2) is 42.5 Å². The largest absolute Gasteiger partial charge is 0.482 e. The topological polar surface area (TPSA) is 38.3 Å². The molecule has 3 nitrogen and oxygen atoms in total. The maximum absolute atomic E-state index is 13.8. The number of amides is 1. The van der Waals surface area contributed by atoms with Gasteiger partial charge in [0, 0.05) is 10.0 Å². The first kappa shape index (κ1) is 16.8. The zero-order chi connectivity index (χ0) is 16.3. The second-order valence-corrected chi connectivity index (χ2v) is 5.43. The number of anilines is 1. The van der Waals surface area contributed by atoms with Crippen LogP contribution in [-0.2, 0) is 4.79 Å². The number of alkyl halides is 2. The van der Waals surface area contributed by atoms with Gasteiger partial charge in [-0.25, -0.2) is 0 Å². The van der Waals surface area contributed by atoms with Gasteiger partial charge < -0.3 is 10.1 Å². The average molecular weight is 367 g/mol. The summed E-state index contributed by atoms with van der Waals surface area (Å²) in [6.45, 7) is 0. The summed E-state index contributed by atoms with van der Waals surface area (Å²) in [5.74, 6) is -1.86. The van der Waals surface area contributed by atoms with E-state index in [9.17, 15) is 13.6 Å². The molecule has 0 aliphatic rings. The number of halogens is 5. The van der Waals surface area contributed by atoms with Crippen LogP contribution in [0.2, 0.25) is 15.1 Å². The van der Waals surface area contributed by atoms with E-state index in [-0.39, 0.29) is 16.5 Å². The standard InChI is InChI=1S/C14H8Cl3F2NO2/c15-8-1-4-10(5-2-8)22-14(18,19)13(21)20-12-6-3-9(16)7-11(12)17/h1-7H,(H,20,21). The Kier molecular flexibility index (Phi) is 5.11. The summed E-state index contributed by atoms with van der Waals surface area (Å²) in [6.07, 6.45) is -4.09.